The minimum atomic E-state index is -0.650. The maximum Gasteiger partial charge on any atom is 0.316 e. The second-order valence-corrected chi connectivity index (χ2v) is 6.83. The molecule has 4 N–H and O–H groups in total. The first kappa shape index (κ1) is 20.2. The molecule has 27 heavy (non-hydrogen) atoms. The van der Waals surface area contributed by atoms with Crippen molar-refractivity contribution in [3.8, 4) is 0 Å². The van der Waals surface area contributed by atoms with Gasteiger partial charge in [-0.1, -0.05) is 38.1 Å². The molecule has 0 heterocycles. The van der Waals surface area contributed by atoms with Crippen molar-refractivity contribution in [1.29, 1.82) is 0 Å². The summed E-state index contributed by atoms with van der Waals surface area (Å²) in [6, 6.07) is 13.5. The average molecular weight is 367 g/mol. The van der Waals surface area contributed by atoms with E-state index in [-0.39, 0.29) is 24.5 Å². The van der Waals surface area contributed by atoms with Gasteiger partial charge in [-0.15, -0.1) is 0 Å². The Kier molecular flexibility index (Phi) is 7.11. The van der Waals surface area contributed by atoms with E-state index in [4.69, 9.17) is 5.73 Å². The third-order valence-corrected chi connectivity index (χ3v) is 3.94. The van der Waals surface area contributed by atoms with E-state index in [2.05, 4.69) is 24.5 Å². The van der Waals surface area contributed by atoms with Crippen molar-refractivity contribution < 1.29 is 14.4 Å². The summed E-state index contributed by atoms with van der Waals surface area (Å²) in [6.07, 6.45) is 1.23. The van der Waals surface area contributed by atoms with Gasteiger partial charge in [-0.25, -0.2) is 4.79 Å². The molecular weight excluding hydrogens is 342 g/mol. The summed E-state index contributed by atoms with van der Waals surface area (Å²) in [6.45, 7) is 4.30. The summed E-state index contributed by atoms with van der Waals surface area (Å²) in [5.74, 6) is 0.272. The molecule has 0 aliphatic heterocycles. The molecule has 6 nitrogen and oxygen atoms in total. The lowest BCUT2D eigenvalue weighted by Crippen LogP contribution is -2.19. The lowest BCUT2D eigenvalue weighted by Gasteiger charge is -2.08. The van der Waals surface area contributed by atoms with Gasteiger partial charge < -0.3 is 16.4 Å². The molecule has 0 aliphatic rings. The van der Waals surface area contributed by atoms with Crippen LogP contribution in [0.3, 0.4) is 0 Å². The predicted molar refractivity (Wildman–Crippen MR) is 107 cm³/mol. The zero-order valence-corrected chi connectivity index (χ0v) is 15.6. The highest BCUT2D eigenvalue weighted by Gasteiger charge is 2.10. The van der Waals surface area contributed by atoms with Gasteiger partial charge in [0.2, 0.25) is 5.91 Å². The molecule has 6 heteroatoms. The summed E-state index contributed by atoms with van der Waals surface area (Å²) in [7, 11) is 0. The van der Waals surface area contributed by atoms with Crippen molar-refractivity contribution in [3.05, 3.63) is 59.7 Å². The number of anilines is 2. The largest absolute Gasteiger partial charge is 0.351 e. The minimum absolute atomic E-state index is 0.0535. The number of urea groups is 1. The van der Waals surface area contributed by atoms with E-state index in [1.54, 1.807) is 24.3 Å². The van der Waals surface area contributed by atoms with Crippen LogP contribution in [0.15, 0.2) is 48.5 Å². The lowest BCUT2D eigenvalue weighted by molar-refractivity contribution is -0.116. The van der Waals surface area contributed by atoms with Crippen molar-refractivity contribution in [2.75, 3.05) is 10.6 Å². The highest BCUT2D eigenvalue weighted by molar-refractivity contribution is 6.00. The first-order valence-electron chi connectivity index (χ1n) is 8.92. The monoisotopic (exact) mass is 367 g/mol. The molecule has 0 bridgehead atoms. The first-order chi connectivity index (χ1) is 12.8. The summed E-state index contributed by atoms with van der Waals surface area (Å²) in [4.78, 5) is 35.1. The van der Waals surface area contributed by atoms with Gasteiger partial charge in [0, 0.05) is 29.8 Å². The van der Waals surface area contributed by atoms with Crippen LogP contribution in [0.5, 0.6) is 0 Å². The predicted octanol–water partition coefficient (Wildman–Crippen LogP) is 3.98. The zero-order chi connectivity index (χ0) is 19.8. The molecule has 142 valence electrons. The van der Waals surface area contributed by atoms with Gasteiger partial charge in [-0.3, -0.25) is 9.59 Å². The number of carbonyl (C=O) groups excluding carboxylic acids is 3. The van der Waals surface area contributed by atoms with E-state index in [9.17, 15) is 14.4 Å². The molecule has 2 rings (SSSR count). The quantitative estimate of drug-likeness (QED) is 0.615. The van der Waals surface area contributed by atoms with Gasteiger partial charge in [-0.05, 0) is 42.2 Å². The van der Waals surface area contributed by atoms with Crippen LogP contribution in [0.4, 0.5) is 16.2 Å². The van der Waals surface area contributed by atoms with Gasteiger partial charge in [0.15, 0.2) is 5.78 Å². The number of benzene rings is 2. The fourth-order valence-electron chi connectivity index (χ4n) is 2.67. The molecule has 3 amide bonds. The van der Waals surface area contributed by atoms with Crippen LogP contribution in [0.2, 0.25) is 0 Å². The lowest BCUT2D eigenvalue weighted by atomic mass is 9.99. The van der Waals surface area contributed by atoms with Crippen molar-refractivity contribution in [3.63, 3.8) is 0 Å². The van der Waals surface area contributed by atoms with E-state index < -0.39 is 6.03 Å². The number of carbonyl (C=O) groups is 3. The number of nitrogens with two attached hydrogens (primary N) is 1. The molecule has 0 aliphatic carbocycles. The Morgan fingerprint density at radius 3 is 1.93 bits per heavy atom. The highest BCUT2D eigenvalue weighted by atomic mass is 16.2. The molecule has 2 aromatic carbocycles. The Hall–Kier alpha value is -3.15. The highest BCUT2D eigenvalue weighted by Crippen LogP contribution is 2.15. The second kappa shape index (κ2) is 9.52. The van der Waals surface area contributed by atoms with Crippen LogP contribution in [0.25, 0.3) is 0 Å². The summed E-state index contributed by atoms with van der Waals surface area (Å²) >= 11 is 0. The summed E-state index contributed by atoms with van der Waals surface area (Å²) in [5.41, 5.74) is 7.98. The Balaban J connectivity index is 1.82. The normalized spacial score (nSPS) is 10.5. The van der Waals surface area contributed by atoms with Gasteiger partial charge in [0.1, 0.15) is 0 Å². The van der Waals surface area contributed by atoms with Crippen molar-refractivity contribution in [1.82, 2.24) is 0 Å². The maximum absolute atomic E-state index is 12.3. The number of amides is 3. The Morgan fingerprint density at radius 2 is 1.41 bits per heavy atom. The molecular formula is C21H25N3O3. The SMILES string of the molecule is CC(C)Cc1ccc(C(=O)CCC(=O)Nc2ccc(NC(N)=O)cc2)cc1. The van der Waals surface area contributed by atoms with Crippen LogP contribution in [0, 0.1) is 5.92 Å². The van der Waals surface area contributed by atoms with E-state index in [0.29, 0.717) is 22.9 Å². The number of Topliss-reactive ketones (excluding diaryl/α,β-unsaturated/α-hetero) is 1. The topological polar surface area (TPSA) is 101 Å². The van der Waals surface area contributed by atoms with Crippen molar-refractivity contribution in [2.24, 2.45) is 11.7 Å². The molecule has 0 atom stereocenters. The van der Waals surface area contributed by atoms with Crippen LogP contribution < -0.4 is 16.4 Å². The molecule has 0 radical (unpaired) electrons. The molecule has 0 unspecified atom stereocenters. The molecule has 0 fully saturated rings. The number of primary amides is 1. The van der Waals surface area contributed by atoms with Crippen molar-refractivity contribution in [2.45, 2.75) is 33.1 Å². The fourth-order valence-corrected chi connectivity index (χ4v) is 2.67. The maximum atomic E-state index is 12.3. The Morgan fingerprint density at radius 1 is 0.852 bits per heavy atom. The molecule has 0 aromatic heterocycles. The standard InChI is InChI=1S/C21H25N3O3/c1-14(2)13-15-3-5-16(6-4-15)19(25)11-12-20(26)23-17-7-9-18(10-8-17)24-21(22)27/h3-10,14H,11-13H2,1-2H3,(H,23,26)(H3,22,24,27). The van der Waals surface area contributed by atoms with Crippen LogP contribution in [-0.2, 0) is 11.2 Å². The smallest absolute Gasteiger partial charge is 0.316 e. The fraction of sp³-hybridized carbons (Fsp3) is 0.286. The van der Waals surface area contributed by atoms with E-state index in [1.165, 1.54) is 5.56 Å². The first-order valence-corrected chi connectivity index (χ1v) is 8.92. The van der Waals surface area contributed by atoms with Crippen LogP contribution >= 0.6 is 0 Å². The summed E-state index contributed by atoms with van der Waals surface area (Å²) < 4.78 is 0. The molecule has 0 spiro atoms. The second-order valence-electron chi connectivity index (χ2n) is 6.83. The number of ketones is 1. The molecule has 0 saturated carbocycles. The number of rotatable bonds is 8. The minimum Gasteiger partial charge on any atom is -0.351 e. The van der Waals surface area contributed by atoms with Gasteiger partial charge in [0.05, 0.1) is 0 Å². The third-order valence-electron chi connectivity index (χ3n) is 3.94. The number of nitrogens with one attached hydrogen (secondary N) is 2. The Bertz CT molecular complexity index is 796. The Labute approximate surface area is 159 Å². The van der Waals surface area contributed by atoms with E-state index >= 15 is 0 Å². The van der Waals surface area contributed by atoms with Gasteiger partial charge >= 0.3 is 6.03 Å². The zero-order valence-electron chi connectivity index (χ0n) is 15.6. The average Bonchev–Trinajstić information content (AvgIpc) is 2.61. The number of hydrogen-bond acceptors (Lipinski definition) is 3. The van der Waals surface area contributed by atoms with Crippen molar-refractivity contribution >= 4 is 29.1 Å². The van der Waals surface area contributed by atoms with Crippen LogP contribution in [0.1, 0.15) is 42.6 Å². The summed E-state index contributed by atoms with van der Waals surface area (Å²) in [5, 5.41) is 5.16. The van der Waals surface area contributed by atoms with Gasteiger partial charge in [0.25, 0.3) is 0 Å². The van der Waals surface area contributed by atoms with Crippen LogP contribution in [-0.4, -0.2) is 17.7 Å². The third kappa shape index (κ3) is 6.93. The molecule has 2 aromatic rings. The molecule has 0 saturated heterocycles. The van der Waals surface area contributed by atoms with E-state index in [0.717, 1.165) is 6.42 Å². The number of hydrogen-bond donors (Lipinski definition) is 3. The van der Waals surface area contributed by atoms with Gasteiger partial charge in [-0.2, -0.15) is 0 Å². The van der Waals surface area contributed by atoms with E-state index in [1.807, 2.05) is 24.3 Å².